The van der Waals surface area contributed by atoms with Gasteiger partial charge >= 0.3 is 6.09 Å². The van der Waals surface area contributed by atoms with Crippen LogP contribution in [-0.4, -0.2) is 58.6 Å². The molecule has 0 radical (unpaired) electrons. The molecule has 0 fully saturated rings. The average Bonchev–Trinajstić information content (AvgIpc) is 3.17. The molecule has 0 aliphatic carbocycles. The Hall–Kier alpha value is -3.30. The lowest BCUT2D eigenvalue weighted by Gasteiger charge is -2.14. The van der Waals surface area contributed by atoms with Crippen LogP contribution in [0.25, 0.3) is 16.7 Å². The fourth-order valence-electron chi connectivity index (χ4n) is 3.38. The lowest BCUT2D eigenvalue weighted by molar-refractivity contribution is 0.133. The van der Waals surface area contributed by atoms with Crippen molar-refractivity contribution < 1.29 is 19.0 Å². The predicted molar refractivity (Wildman–Crippen MR) is 127 cm³/mol. The monoisotopic (exact) mass is 458 g/mol. The second-order valence-corrected chi connectivity index (χ2v) is 8.07. The van der Waals surface area contributed by atoms with Crippen molar-refractivity contribution in [2.45, 2.75) is 47.5 Å². The van der Waals surface area contributed by atoms with E-state index in [4.69, 9.17) is 19.2 Å². The maximum absolute atomic E-state index is 11.6. The van der Waals surface area contributed by atoms with E-state index in [1.807, 2.05) is 51.2 Å². The second kappa shape index (κ2) is 11.5. The van der Waals surface area contributed by atoms with E-state index in [-0.39, 0.29) is 6.09 Å². The van der Waals surface area contributed by atoms with E-state index in [9.17, 15) is 4.79 Å². The molecule has 0 unspecified atom stereocenters. The van der Waals surface area contributed by atoms with Crippen molar-refractivity contribution in [3.05, 3.63) is 18.0 Å². The third-order valence-electron chi connectivity index (χ3n) is 4.86. The molecule has 1 amide bonds. The lowest BCUT2D eigenvalue weighted by Crippen LogP contribution is -2.26. The highest BCUT2D eigenvalue weighted by Crippen LogP contribution is 2.34. The van der Waals surface area contributed by atoms with Gasteiger partial charge in [-0.05, 0) is 39.5 Å². The van der Waals surface area contributed by atoms with Crippen molar-refractivity contribution in [2.24, 2.45) is 5.92 Å². The van der Waals surface area contributed by atoms with Crippen LogP contribution < -0.4 is 20.1 Å². The molecule has 10 heteroatoms. The summed E-state index contributed by atoms with van der Waals surface area (Å²) in [5.41, 5.74) is 2.27. The fraction of sp³-hybridized carbons (Fsp3) is 0.565. The first-order valence-corrected chi connectivity index (χ1v) is 11.5. The Morgan fingerprint density at radius 3 is 2.45 bits per heavy atom. The van der Waals surface area contributed by atoms with E-state index in [0.29, 0.717) is 61.8 Å². The van der Waals surface area contributed by atoms with Gasteiger partial charge in [0, 0.05) is 25.2 Å². The van der Waals surface area contributed by atoms with E-state index < -0.39 is 0 Å². The number of rotatable bonds is 12. The number of ether oxygens (including phenoxy) is 3. The first-order chi connectivity index (χ1) is 15.9. The smallest absolute Gasteiger partial charge is 0.407 e. The van der Waals surface area contributed by atoms with E-state index in [1.54, 1.807) is 0 Å². The molecular formula is C23H34N6O4. The summed E-state index contributed by atoms with van der Waals surface area (Å²) in [6.07, 6.45) is 1.28. The minimum atomic E-state index is -0.370. The highest BCUT2D eigenvalue weighted by molar-refractivity contribution is 5.85. The molecule has 0 bridgehead atoms. The van der Waals surface area contributed by atoms with Crippen molar-refractivity contribution in [1.29, 1.82) is 0 Å². The Bertz CT molecular complexity index is 1080. The van der Waals surface area contributed by atoms with Gasteiger partial charge in [0.2, 0.25) is 5.65 Å². The molecule has 0 spiro atoms. The number of benzene rings is 1. The van der Waals surface area contributed by atoms with Gasteiger partial charge in [0.15, 0.2) is 17.3 Å². The average molecular weight is 459 g/mol. The van der Waals surface area contributed by atoms with Crippen LogP contribution in [0.15, 0.2) is 12.1 Å². The van der Waals surface area contributed by atoms with E-state index in [1.165, 1.54) is 0 Å². The summed E-state index contributed by atoms with van der Waals surface area (Å²) in [5.74, 6) is 3.06. The van der Waals surface area contributed by atoms with Crippen molar-refractivity contribution in [1.82, 2.24) is 24.9 Å². The largest absolute Gasteiger partial charge is 0.490 e. The lowest BCUT2D eigenvalue weighted by atomic mass is 10.2. The van der Waals surface area contributed by atoms with Crippen LogP contribution in [0.1, 0.15) is 46.4 Å². The third kappa shape index (κ3) is 6.15. The molecule has 2 heterocycles. The summed E-state index contributed by atoms with van der Waals surface area (Å²) in [6.45, 7) is 12.5. The maximum Gasteiger partial charge on any atom is 0.407 e. The number of unbranched alkanes of at least 4 members (excludes halogenated alkanes) is 1. The number of carbonyl (C=O) groups is 1. The molecule has 1 aromatic carbocycles. The quantitative estimate of drug-likeness (QED) is 0.392. The van der Waals surface area contributed by atoms with Crippen LogP contribution in [0.5, 0.6) is 11.5 Å². The van der Waals surface area contributed by atoms with Gasteiger partial charge in [-0.2, -0.15) is 0 Å². The number of amides is 1. The van der Waals surface area contributed by atoms with Gasteiger partial charge in [-0.15, -0.1) is 10.2 Å². The number of fused-ring (bicyclic) bond motifs is 3. The molecule has 3 aromatic rings. The summed E-state index contributed by atoms with van der Waals surface area (Å²) < 4.78 is 18.6. The molecule has 180 valence electrons. The Labute approximate surface area is 194 Å². The first-order valence-electron chi connectivity index (χ1n) is 11.5. The number of nitrogens with zero attached hydrogens (tertiary/aromatic N) is 4. The summed E-state index contributed by atoms with van der Waals surface area (Å²) in [5, 5.41) is 14.7. The number of anilines is 1. The minimum Gasteiger partial charge on any atom is -0.490 e. The standard InChI is InChI=1S/C23H34N6O4/c1-6-31-19-12-17-18(13-20(19)32-7-2)29-16(5)27-28-22(29)21(26-17)24-10-8-9-11-25-23(30)33-14-15(3)4/h12-13,15H,6-11,14H2,1-5H3,(H,24,26)(H,25,30). The number of alkyl carbamates (subject to hydrolysis) is 1. The van der Waals surface area contributed by atoms with Gasteiger partial charge in [-0.3, -0.25) is 4.40 Å². The van der Waals surface area contributed by atoms with Crippen LogP contribution >= 0.6 is 0 Å². The van der Waals surface area contributed by atoms with Gasteiger partial charge in [0.05, 0.1) is 30.9 Å². The van der Waals surface area contributed by atoms with Gasteiger partial charge in [0.25, 0.3) is 0 Å². The van der Waals surface area contributed by atoms with Gasteiger partial charge < -0.3 is 24.8 Å². The zero-order valence-electron chi connectivity index (χ0n) is 20.1. The van der Waals surface area contributed by atoms with Crippen LogP contribution in [0.3, 0.4) is 0 Å². The molecule has 0 aliphatic heterocycles. The SMILES string of the molecule is CCOc1cc2nc(NCCCCNC(=O)OCC(C)C)c3nnc(C)n3c2cc1OCC. The van der Waals surface area contributed by atoms with E-state index >= 15 is 0 Å². The molecule has 3 rings (SSSR count). The van der Waals surface area contributed by atoms with Gasteiger partial charge in [0.1, 0.15) is 5.82 Å². The fourth-order valence-corrected chi connectivity index (χ4v) is 3.38. The van der Waals surface area contributed by atoms with Crippen molar-refractivity contribution in [3.8, 4) is 11.5 Å². The van der Waals surface area contributed by atoms with Crippen LogP contribution in [-0.2, 0) is 4.74 Å². The number of aryl methyl sites for hydroxylation is 1. The molecule has 2 aromatic heterocycles. The zero-order chi connectivity index (χ0) is 23.8. The summed E-state index contributed by atoms with van der Waals surface area (Å²) in [4.78, 5) is 16.4. The van der Waals surface area contributed by atoms with Crippen molar-refractivity contribution in [2.75, 3.05) is 38.2 Å². The van der Waals surface area contributed by atoms with Gasteiger partial charge in [-0.25, -0.2) is 9.78 Å². The summed E-state index contributed by atoms with van der Waals surface area (Å²) in [7, 11) is 0. The molecule has 0 aliphatic rings. The zero-order valence-corrected chi connectivity index (χ0v) is 20.1. The number of aromatic nitrogens is 4. The van der Waals surface area contributed by atoms with Crippen LogP contribution in [0.4, 0.5) is 10.6 Å². The highest BCUT2D eigenvalue weighted by Gasteiger charge is 2.16. The Balaban J connectivity index is 1.70. The van der Waals surface area contributed by atoms with Crippen molar-refractivity contribution in [3.63, 3.8) is 0 Å². The molecule has 0 saturated carbocycles. The normalized spacial score (nSPS) is 11.2. The van der Waals surface area contributed by atoms with Crippen LogP contribution in [0.2, 0.25) is 0 Å². The van der Waals surface area contributed by atoms with E-state index in [0.717, 1.165) is 29.7 Å². The molecular weight excluding hydrogens is 424 g/mol. The van der Waals surface area contributed by atoms with Crippen LogP contribution in [0, 0.1) is 12.8 Å². The second-order valence-electron chi connectivity index (χ2n) is 8.07. The maximum atomic E-state index is 11.6. The number of nitrogens with one attached hydrogen (secondary N) is 2. The minimum absolute atomic E-state index is 0.322. The molecule has 0 saturated heterocycles. The Kier molecular flexibility index (Phi) is 8.51. The molecule has 0 atom stereocenters. The Morgan fingerprint density at radius 1 is 1.06 bits per heavy atom. The predicted octanol–water partition coefficient (Wildman–Crippen LogP) is 3.96. The Morgan fingerprint density at radius 2 is 1.76 bits per heavy atom. The first kappa shape index (κ1) is 24.3. The molecule has 2 N–H and O–H groups in total. The topological polar surface area (TPSA) is 112 Å². The molecule has 33 heavy (non-hydrogen) atoms. The van der Waals surface area contributed by atoms with Crippen molar-refractivity contribution >= 4 is 28.6 Å². The summed E-state index contributed by atoms with van der Waals surface area (Å²) in [6, 6.07) is 3.81. The summed E-state index contributed by atoms with van der Waals surface area (Å²) >= 11 is 0. The van der Waals surface area contributed by atoms with Gasteiger partial charge in [-0.1, -0.05) is 13.8 Å². The third-order valence-corrected chi connectivity index (χ3v) is 4.86. The van der Waals surface area contributed by atoms with E-state index in [2.05, 4.69) is 20.8 Å². The number of hydrogen-bond donors (Lipinski definition) is 2. The highest BCUT2D eigenvalue weighted by atomic mass is 16.5. The number of hydrogen-bond acceptors (Lipinski definition) is 8. The number of carbonyl (C=O) groups excluding carboxylic acids is 1. The molecule has 10 nitrogen and oxygen atoms in total.